The van der Waals surface area contributed by atoms with Gasteiger partial charge in [-0.1, -0.05) is 27.7 Å². The zero-order valence-electron chi connectivity index (χ0n) is 8.48. The second kappa shape index (κ2) is 5.55. The minimum atomic E-state index is -0.196. The fourth-order valence-corrected chi connectivity index (χ4v) is 1.13. The fraction of sp³-hybridized carbons (Fsp3) is 0.889. The Bertz CT molecular complexity index is 136. The highest BCUT2D eigenvalue weighted by Gasteiger charge is 2.28. The molecule has 0 radical (unpaired) electrons. The molecule has 0 rings (SSSR count). The summed E-state index contributed by atoms with van der Waals surface area (Å²) < 4.78 is 0. The number of carbonyl (C=O) groups excluding carboxylic acids is 1. The maximum Gasteiger partial charge on any atom is 0.146 e. The van der Waals surface area contributed by atoms with Gasteiger partial charge in [0, 0.05) is 5.41 Å². The molecule has 0 aliphatic carbocycles. The van der Waals surface area contributed by atoms with E-state index in [2.05, 4.69) is 5.73 Å². The van der Waals surface area contributed by atoms with Crippen LogP contribution in [0.3, 0.4) is 0 Å². The van der Waals surface area contributed by atoms with Gasteiger partial charge in [-0.05, 0) is 6.42 Å². The van der Waals surface area contributed by atoms with E-state index >= 15 is 0 Å². The van der Waals surface area contributed by atoms with Gasteiger partial charge in [-0.3, -0.25) is 4.79 Å². The quantitative estimate of drug-likeness (QED) is 0.547. The third kappa shape index (κ3) is 4.07. The maximum absolute atomic E-state index is 11.6. The summed E-state index contributed by atoms with van der Waals surface area (Å²) in [5.74, 6) is 0.505. The minimum absolute atomic E-state index is 0. The molecular weight excluding hydrogens is 174 g/mol. The van der Waals surface area contributed by atoms with E-state index in [1.807, 2.05) is 27.7 Å². The van der Waals surface area contributed by atoms with E-state index < -0.39 is 0 Å². The van der Waals surface area contributed by atoms with Crippen molar-refractivity contribution in [2.75, 3.05) is 6.54 Å². The van der Waals surface area contributed by atoms with Crippen LogP contribution in [0.1, 0.15) is 34.1 Å². The first-order valence-electron chi connectivity index (χ1n) is 4.27. The second-order valence-electron chi connectivity index (χ2n) is 4.01. The lowest BCUT2D eigenvalue weighted by molar-refractivity contribution is -0.376. The SMILES string of the molecule is CCC(C[NH3+])C(=O)C(C)(C)C.[Cl-]. The Morgan fingerprint density at radius 2 is 1.83 bits per heavy atom. The Morgan fingerprint density at radius 1 is 1.42 bits per heavy atom. The molecule has 0 saturated heterocycles. The third-order valence-electron chi connectivity index (χ3n) is 1.95. The van der Waals surface area contributed by atoms with Gasteiger partial charge in [-0.25, -0.2) is 0 Å². The Balaban J connectivity index is 0. The molecule has 12 heavy (non-hydrogen) atoms. The first kappa shape index (κ1) is 14.4. The van der Waals surface area contributed by atoms with E-state index in [4.69, 9.17) is 0 Å². The largest absolute Gasteiger partial charge is 1.00 e. The Labute approximate surface area is 81.3 Å². The molecule has 1 atom stereocenters. The minimum Gasteiger partial charge on any atom is -1.00 e. The maximum atomic E-state index is 11.6. The molecule has 0 aliphatic rings. The molecule has 0 amide bonds. The number of carbonyl (C=O) groups is 1. The van der Waals surface area contributed by atoms with Crippen molar-refractivity contribution in [2.24, 2.45) is 11.3 Å². The molecule has 0 bridgehead atoms. The number of halogens is 1. The van der Waals surface area contributed by atoms with E-state index in [1.165, 1.54) is 0 Å². The van der Waals surface area contributed by atoms with Gasteiger partial charge < -0.3 is 18.1 Å². The van der Waals surface area contributed by atoms with E-state index in [-0.39, 0.29) is 23.7 Å². The summed E-state index contributed by atoms with van der Waals surface area (Å²) >= 11 is 0. The van der Waals surface area contributed by atoms with E-state index in [0.29, 0.717) is 5.78 Å². The Hall–Kier alpha value is -0.0800. The molecule has 0 aromatic heterocycles. The van der Waals surface area contributed by atoms with Gasteiger partial charge in [0.2, 0.25) is 0 Å². The molecule has 0 aliphatic heterocycles. The smallest absolute Gasteiger partial charge is 0.146 e. The highest BCUT2D eigenvalue weighted by Crippen LogP contribution is 2.20. The van der Waals surface area contributed by atoms with Crippen molar-refractivity contribution >= 4 is 5.78 Å². The van der Waals surface area contributed by atoms with Crippen LogP contribution < -0.4 is 18.1 Å². The van der Waals surface area contributed by atoms with Crippen LogP contribution in [-0.4, -0.2) is 12.3 Å². The Kier molecular flexibility index (Phi) is 6.68. The van der Waals surface area contributed by atoms with Gasteiger partial charge >= 0.3 is 0 Å². The number of hydrogen-bond donors (Lipinski definition) is 1. The molecule has 0 heterocycles. The van der Waals surface area contributed by atoms with Crippen molar-refractivity contribution < 1.29 is 22.9 Å². The molecule has 2 nitrogen and oxygen atoms in total. The van der Waals surface area contributed by atoms with Gasteiger partial charge in [0.05, 0.1) is 12.5 Å². The van der Waals surface area contributed by atoms with Gasteiger partial charge in [0.15, 0.2) is 0 Å². The van der Waals surface area contributed by atoms with Crippen LogP contribution in [0.4, 0.5) is 0 Å². The predicted molar refractivity (Wildman–Crippen MR) is 46.0 cm³/mol. The van der Waals surface area contributed by atoms with E-state index in [0.717, 1.165) is 13.0 Å². The second-order valence-corrected chi connectivity index (χ2v) is 4.01. The van der Waals surface area contributed by atoms with Gasteiger partial charge in [0.1, 0.15) is 5.78 Å². The summed E-state index contributed by atoms with van der Waals surface area (Å²) in [6, 6.07) is 0. The molecule has 74 valence electrons. The van der Waals surface area contributed by atoms with Crippen molar-refractivity contribution in [1.29, 1.82) is 0 Å². The average Bonchev–Trinajstić information content (AvgIpc) is 1.88. The number of rotatable bonds is 3. The molecule has 3 N–H and O–H groups in total. The lowest BCUT2D eigenvalue weighted by Crippen LogP contribution is -3.00. The lowest BCUT2D eigenvalue weighted by Gasteiger charge is -2.21. The number of ketones is 1. The topological polar surface area (TPSA) is 44.7 Å². The molecule has 0 fully saturated rings. The predicted octanol–water partition coefficient (Wildman–Crippen LogP) is -2.13. The van der Waals surface area contributed by atoms with Crippen LogP contribution in [0.25, 0.3) is 0 Å². The summed E-state index contributed by atoms with van der Waals surface area (Å²) in [7, 11) is 0. The molecule has 0 aromatic rings. The van der Waals surface area contributed by atoms with Gasteiger partial charge in [0.25, 0.3) is 0 Å². The summed E-state index contributed by atoms with van der Waals surface area (Å²) in [4.78, 5) is 11.6. The average molecular weight is 194 g/mol. The zero-order valence-corrected chi connectivity index (χ0v) is 9.24. The van der Waals surface area contributed by atoms with Crippen molar-refractivity contribution in [3.05, 3.63) is 0 Å². The van der Waals surface area contributed by atoms with Crippen LogP contribution in [0, 0.1) is 11.3 Å². The summed E-state index contributed by atoms with van der Waals surface area (Å²) in [6.45, 7) is 8.67. The fourth-order valence-electron chi connectivity index (χ4n) is 1.13. The number of hydrogen-bond acceptors (Lipinski definition) is 1. The zero-order chi connectivity index (χ0) is 9.07. The van der Waals surface area contributed by atoms with Crippen molar-refractivity contribution in [1.82, 2.24) is 0 Å². The van der Waals surface area contributed by atoms with Gasteiger partial charge in [-0.15, -0.1) is 0 Å². The van der Waals surface area contributed by atoms with E-state index in [9.17, 15) is 4.79 Å². The molecule has 1 unspecified atom stereocenters. The van der Waals surface area contributed by atoms with Crippen molar-refractivity contribution in [3.63, 3.8) is 0 Å². The highest BCUT2D eigenvalue weighted by atomic mass is 35.5. The summed E-state index contributed by atoms with van der Waals surface area (Å²) in [5, 5.41) is 0. The van der Waals surface area contributed by atoms with Crippen LogP contribution in [-0.2, 0) is 4.79 Å². The Morgan fingerprint density at radius 3 is 1.92 bits per heavy atom. The summed E-state index contributed by atoms with van der Waals surface area (Å²) in [6.07, 6.45) is 0.916. The molecular formula is C9H20ClNO. The monoisotopic (exact) mass is 193 g/mol. The molecule has 3 heteroatoms. The number of Topliss-reactive ketones (excluding diaryl/α,β-unsaturated/α-hetero) is 1. The van der Waals surface area contributed by atoms with Crippen molar-refractivity contribution in [3.8, 4) is 0 Å². The highest BCUT2D eigenvalue weighted by molar-refractivity contribution is 5.85. The first-order valence-corrected chi connectivity index (χ1v) is 4.27. The molecule has 0 spiro atoms. The lowest BCUT2D eigenvalue weighted by atomic mass is 9.82. The van der Waals surface area contributed by atoms with Gasteiger partial charge in [-0.2, -0.15) is 0 Å². The normalized spacial score (nSPS) is 13.4. The van der Waals surface area contributed by atoms with Crippen LogP contribution >= 0.6 is 0 Å². The van der Waals surface area contributed by atoms with Crippen LogP contribution in [0.2, 0.25) is 0 Å². The first-order chi connectivity index (χ1) is 4.93. The number of quaternary nitrogens is 1. The molecule has 0 saturated carbocycles. The summed E-state index contributed by atoms with van der Waals surface area (Å²) in [5.41, 5.74) is 3.57. The van der Waals surface area contributed by atoms with Crippen molar-refractivity contribution in [2.45, 2.75) is 34.1 Å². The van der Waals surface area contributed by atoms with Crippen LogP contribution in [0.5, 0.6) is 0 Å². The van der Waals surface area contributed by atoms with E-state index in [1.54, 1.807) is 0 Å². The molecule has 0 aromatic carbocycles. The van der Waals surface area contributed by atoms with Crippen LogP contribution in [0.15, 0.2) is 0 Å². The standard InChI is InChI=1S/C9H19NO.ClH/c1-5-7(6-10)8(11)9(2,3)4;/h7H,5-6,10H2,1-4H3;1H. The third-order valence-corrected chi connectivity index (χ3v) is 1.95.